The van der Waals surface area contributed by atoms with E-state index in [4.69, 9.17) is 10.5 Å². The van der Waals surface area contributed by atoms with Crippen molar-refractivity contribution in [1.82, 2.24) is 9.88 Å². The number of amides is 1. The molecule has 1 amide bonds. The molecule has 0 aliphatic carbocycles. The van der Waals surface area contributed by atoms with Crippen LogP contribution in [-0.4, -0.2) is 45.3 Å². The monoisotopic (exact) mass is 526 g/mol. The first kappa shape index (κ1) is 27.0. The van der Waals surface area contributed by atoms with E-state index in [0.717, 1.165) is 49.5 Å². The molecule has 0 saturated carbocycles. The van der Waals surface area contributed by atoms with E-state index in [-0.39, 0.29) is 27.9 Å². The molecule has 1 fully saturated rings. The number of aromatic nitrogens is 1. The number of piperidine rings is 1. The Morgan fingerprint density at radius 3 is 2.49 bits per heavy atom. The zero-order valence-corrected chi connectivity index (χ0v) is 23.4. The first-order chi connectivity index (χ1) is 17.3. The maximum absolute atomic E-state index is 13.6. The molecule has 1 aliphatic heterocycles. The number of para-hydroxylation sites is 1. The highest BCUT2D eigenvalue weighted by Crippen LogP contribution is 2.43. The van der Waals surface area contributed by atoms with Crippen LogP contribution in [-0.2, 0) is 28.7 Å². The molecule has 0 atom stereocenters. The largest absolute Gasteiger partial charge is 0.493 e. The molecule has 8 nitrogen and oxygen atoms in total. The number of carbonyl (C=O) groups excluding carboxylic acids is 1. The lowest BCUT2D eigenvalue weighted by Crippen LogP contribution is -2.28. The summed E-state index contributed by atoms with van der Waals surface area (Å²) >= 11 is 0. The van der Waals surface area contributed by atoms with E-state index < -0.39 is 15.3 Å². The number of fused-ring (bicyclic) bond motifs is 1. The molecular formula is C28H38N4O4S. The Morgan fingerprint density at radius 2 is 1.89 bits per heavy atom. The number of sulfone groups is 1. The summed E-state index contributed by atoms with van der Waals surface area (Å²) in [7, 11) is -0.472. The molecule has 3 aromatic rings. The van der Waals surface area contributed by atoms with Crippen LogP contribution < -0.4 is 21.1 Å². The first-order valence-corrected chi connectivity index (χ1v) is 14.5. The van der Waals surface area contributed by atoms with Gasteiger partial charge in [0.1, 0.15) is 10.6 Å². The number of methoxy groups -OCH3 is 1. The van der Waals surface area contributed by atoms with E-state index in [9.17, 15) is 13.2 Å². The summed E-state index contributed by atoms with van der Waals surface area (Å²) in [6.45, 7) is 7.90. The van der Waals surface area contributed by atoms with Gasteiger partial charge in [0.05, 0.1) is 24.0 Å². The molecule has 9 heteroatoms. The lowest BCUT2D eigenvalue weighted by Gasteiger charge is -2.26. The minimum absolute atomic E-state index is 0.0340. The summed E-state index contributed by atoms with van der Waals surface area (Å²) in [6.07, 6.45) is 4.34. The number of rotatable bonds is 6. The predicted molar refractivity (Wildman–Crippen MR) is 149 cm³/mol. The average molecular weight is 527 g/mol. The number of nitrogen functional groups attached to an aromatic ring is 1. The molecule has 0 unspecified atom stereocenters. The fourth-order valence-electron chi connectivity index (χ4n) is 5.41. The number of carbonyl (C=O) groups is 1. The van der Waals surface area contributed by atoms with Crippen LogP contribution in [0.2, 0.25) is 0 Å². The summed E-state index contributed by atoms with van der Waals surface area (Å²) in [5.74, 6) is 0.295. The van der Waals surface area contributed by atoms with Crippen molar-refractivity contribution in [2.75, 3.05) is 37.5 Å². The molecule has 1 aliphatic rings. The number of anilines is 2. The molecular weight excluding hydrogens is 488 g/mol. The number of ether oxygens (including phenoxy) is 1. The van der Waals surface area contributed by atoms with Crippen molar-refractivity contribution in [1.29, 1.82) is 0 Å². The third-order valence-corrected chi connectivity index (χ3v) is 8.39. The van der Waals surface area contributed by atoms with Gasteiger partial charge < -0.3 is 25.7 Å². The fourth-order valence-corrected chi connectivity index (χ4v) is 6.45. The zero-order valence-electron chi connectivity index (χ0n) is 22.6. The van der Waals surface area contributed by atoms with Gasteiger partial charge in [0.2, 0.25) is 0 Å². The molecule has 2 heterocycles. The van der Waals surface area contributed by atoms with Crippen molar-refractivity contribution in [3.63, 3.8) is 0 Å². The van der Waals surface area contributed by atoms with E-state index in [1.807, 2.05) is 50.6 Å². The van der Waals surface area contributed by atoms with Gasteiger partial charge in [-0.3, -0.25) is 4.79 Å². The molecule has 0 radical (unpaired) electrons. The van der Waals surface area contributed by atoms with Gasteiger partial charge in [0.25, 0.3) is 5.91 Å². The highest BCUT2D eigenvalue weighted by atomic mass is 32.2. The number of nitrogens with zero attached hydrogens (tertiary/aromatic N) is 1. The van der Waals surface area contributed by atoms with Crippen LogP contribution in [0.25, 0.3) is 10.9 Å². The van der Waals surface area contributed by atoms with Crippen molar-refractivity contribution >= 4 is 38.0 Å². The lowest BCUT2D eigenvalue weighted by molar-refractivity contribution is 0.101. The van der Waals surface area contributed by atoms with Crippen molar-refractivity contribution in [2.24, 2.45) is 13.0 Å². The Bertz CT molecular complexity index is 1450. The van der Waals surface area contributed by atoms with Gasteiger partial charge in [-0.15, -0.1) is 0 Å². The smallest absolute Gasteiger partial charge is 0.272 e. The SMILES string of the molecule is COc1c(NC(=O)c2cc3cccc(CC4CCNCC4)c3n2C)cc(C(C)(C)C)c(N)c1S(C)(=O)=O. The first-order valence-electron chi connectivity index (χ1n) is 12.6. The Morgan fingerprint density at radius 1 is 1.22 bits per heavy atom. The molecule has 0 spiro atoms. The molecule has 1 aromatic heterocycles. The number of nitrogens with two attached hydrogens (primary N) is 1. The summed E-state index contributed by atoms with van der Waals surface area (Å²) in [5.41, 5.74) is 9.64. The van der Waals surface area contributed by atoms with E-state index in [0.29, 0.717) is 17.2 Å². The molecule has 0 bridgehead atoms. The topological polar surface area (TPSA) is 115 Å². The normalized spacial score (nSPS) is 15.2. The molecule has 200 valence electrons. The van der Waals surface area contributed by atoms with Gasteiger partial charge in [0, 0.05) is 18.7 Å². The van der Waals surface area contributed by atoms with Crippen LogP contribution in [0, 0.1) is 5.92 Å². The standard InChI is InChI=1S/C28H38N4O4S/c1-28(2,3)20-16-21(25(36-5)26(23(20)29)37(6,34)35)31-27(33)22-15-19-9-7-8-18(24(19)32(22)4)14-17-10-12-30-13-11-17/h7-9,15-17,30H,10-14,29H2,1-6H3,(H,31,33). The fraction of sp³-hybridized carbons (Fsp3) is 0.464. The van der Waals surface area contributed by atoms with E-state index >= 15 is 0 Å². The molecule has 37 heavy (non-hydrogen) atoms. The second-order valence-electron chi connectivity index (χ2n) is 11.1. The molecule has 2 aromatic carbocycles. The van der Waals surface area contributed by atoms with E-state index in [1.165, 1.54) is 12.7 Å². The van der Waals surface area contributed by atoms with Gasteiger partial charge in [-0.05, 0) is 66.9 Å². The predicted octanol–water partition coefficient (Wildman–Crippen LogP) is 4.26. The summed E-state index contributed by atoms with van der Waals surface area (Å²) in [5, 5.41) is 7.33. The summed E-state index contributed by atoms with van der Waals surface area (Å²) < 4.78 is 32.8. The second kappa shape index (κ2) is 10.0. The Hall–Kier alpha value is -3.04. The van der Waals surface area contributed by atoms with Crippen LogP contribution in [0.3, 0.4) is 0 Å². The van der Waals surface area contributed by atoms with E-state index in [2.05, 4.69) is 16.7 Å². The second-order valence-corrected chi connectivity index (χ2v) is 13.0. The zero-order chi connectivity index (χ0) is 27.1. The number of aryl methyl sites for hydroxylation is 1. The van der Waals surface area contributed by atoms with Crippen molar-refractivity contribution in [3.8, 4) is 5.75 Å². The Kier molecular flexibility index (Phi) is 7.32. The number of hydrogen-bond acceptors (Lipinski definition) is 6. The maximum atomic E-state index is 13.6. The van der Waals surface area contributed by atoms with Crippen LogP contribution in [0.1, 0.15) is 55.2 Å². The van der Waals surface area contributed by atoms with E-state index in [1.54, 1.807) is 6.07 Å². The number of nitrogens with one attached hydrogen (secondary N) is 2. The van der Waals surface area contributed by atoms with Gasteiger partial charge in [-0.25, -0.2) is 8.42 Å². The van der Waals surface area contributed by atoms with Gasteiger partial charge >= 0.3 is 0 Å². The summed E-state index contributed by atoms with van der Waals surface area (Å²) in [4.78, 5) is 13.5. The Labute approximate surface area is 219 Å². The third kappa shape index (κ3) is 5.33. The number of benzene rings is 2. The minimum atomic E-state index is -3.74. The Balaban J connectivity index is 1.77. The van der Waals surface area contributed by atoms with Crippen molar-refractivity contribution in [2.45, 2.75) is 50.3 Å². The lowest BCUT2D eigenvalue weighted by atomic mass is 9.85. The average Bonchev–Trinajstić information content (AvgIpc) is 3.16. The van der Waals surface area contributed by atoms with Gasteiger partial charge in [-0.2, -0.15) is 0 Å². The third-order valence-electron chi connectivity index (χ3n) is 7.25. The molecule has 1 saturated heterocycles. The van der Waals surface area contributed by atoms with Crippen LogP contribution in [0.15, 0.2) is 35.2 Å². The van der Waals surface area contributed by atoms with Crippen LogP contribution in [0.5, 0.6) is 5.75 Å². The molecule has 4 rings (SSSR count). The quantitative estimate of drug-likeness (QED) is 0.413. The van der Waals surface area contributed by atoms with Crippen LogP contribution in [0.4, 0.5) is 11.4 Å². The number of hydrogen-bond donors (Lipinski definition) is 3. The maximum Gasteiger partial charge on any atom is 0.272 e. The van der Waals surface area contributed by atoms with Gasteiger partial charge in [0.15, 0.2) is 15.6 Å². The highest BCUT2D eigenvalue weighted by molar-refractivity contribution is 7.91. The minimum Gasteiger partial charge on any atom is -0.493 e. The molecule has 4 N–H and O–H groups in total. The van der Waals surface area contributed by atoms with Crippen molar-refractivity contribution < 1.29 is 17.9 Å². The highest BCUT2D eigenvalue weighted by Gasteiger charge is 2.30. The van der Waals surface area contributed by atoms with Crippen LogP contribution >= 0.6 is 0 Å². The van der Waals surface area contributed by atoms with Crippen molar-refractivity contribution in [3.05, 3.63) is 47.2 Å². The summed E-state index contributed by atoms with van der Waals surface area (Å²) in [6, 6.07) is 9.79. The van der Waals surface area contributed by atoms with Gasteiger partial charge in [-0.1, -0.05) is 39.0 Å².